The summed E-state index contributed by atoms with van der Waals surface area (Å²) < 4.78 is 12.4. The molecule has 3 aliphatic heterocycles. The zero-order valence-electron chi connectivity index (χ0n) is 15.6. The van der Waals surface area contributed by atoms with E-state index >= 15 is 0 Å². The minimum atomic E-state index is -0.323. The van der Waals surface area contributed by atoms with Gasteiger partial charge in [0.05, 0.1) is 17.2 Å². The van der Waals surface area contributed by atoms with Crippen LogP contribution in [0.5, 0.6) is 0 Å². The minimum Gasteiger partial charge on any atom is -0.400 e. The van der Waals surface area contributed by atoms with Crippen LogP contribution < -0.4 is 0 Å². The predicted octanol–water partition coefficient (Wildman–Crippen LogP) is 3.35. The Balaban J connectivity index is 1.81. The van der Waals surface area contributed by atoms with Gasteiger partial charge in [-0.3, -0.25) is 4.79 Å². The molecule has 0 spiro atoms. The van der Waals surface area contributed by atoms with Crippen molar-refractivity contribution in [3.8, 4) is 0 Å². The van der Waals surface area contributed by atoms with Gasteiger partial charge in [0.2, 0.25) is 5.91 Å². The van der Waals surface area contributed by atoms with Crippen LogP contribution >= 0.6 is 0 Å². The lowest BCUT2D eigenvalue weighted by Crippen LogP contribution is -2.49. The molecule has 3 aliphatic rings. The number of carbonyl (C=O) groups excluding carboxylic acids is 1. The van der Waals surface area contributed by atoms with Gasteiger partial charge in [-0.15, -0.1) is 0 Å². The van der Waals surface area contributed by atoms with E-state index in [0.717, 1.165) is 19.3 Å². The van der Waals surface area contributed by atoms with Crippen molar-refractivity contribution in [2.24, 2.45) is 5.41 Å². The molecule has 0 aliphatic carbocycles. The lowest BCUT2D eigenvalue weighted by Gasteiger charge is -2.38. The highest BCUT2D eigenvalue weighted by Crippen LogP contribution is 2.43. The average Bonchev–Trinajstić information content (AvgIpc) is 2.77. The summed E-state index contributed by atoms with van der Waals surface area (Å²) in [6.45, 7) is 14.3. The normalized spacial score (nSPS) is 32.2. The molecular weight excluding hydrogens is 289 g/mol. The number of hydrogen-bond acceptors (Lipinski definition) is 3. The molecule has 0 N–H and O–H groups in total. The van der Waals surface area contributed by atoms with Crippen molar-refractivity contribution in [1.82, 2.24) is 4.90 Å². The SMILES string of the molecule is CC(C)(C)C(=O)N1C2C=C(B3OC(C)(C)C(C)(C)O3)CC1CC2. The van der Waals surface area contributed by atoms with Crippen molar-refractivity contribution in [2.45, 2.75) is 91.0 Å². The molecule has 0 aromatic heterocycles. The third-order valence-corrected chi connectivity index (χ3v) is 5.86. The maximum absolute atomic E-state index is 12.7. The first-order valence-corrected chi connectivity index (χ1v) is 8.81. The Hall–Kier alpha value is -0.805. The quantitative estimate of drug-likeness (QED) is 0.696. The second-order valence-electron chi connectivity index (χ2n) is 9.29. The number of carbonyl (C=O) groups is 1. The van der Waals surface area contributed by atoms with Crippen molar-refractivity contribution in [2.75, 3.05) is 0 Å². The van der Waals surface area contributed by atoms with E-state index in [1.54, 1.807) is 0 Å². The van der Waals surface area contributed by atoms with Crippen molar-refractivity contribution in [3.05, 3.63) is 11.5 Å². The highest BCUT2D eigenvalue weighted by Gasteiger charge is 2.54. The molecule has 2 bridgehead atoms. The lowest BCUT2D eigenvalue weighted by atomic mass is 9.72. The highest BCUT2D eigenvalue weighted by atomic mass is 16.7. The van der Waals surface area contributed by atoms with Crippen LogP contribution in [0.25, 0.3) is 0 Å². The standard InChI is InChI=1S/C18H30BNO3/c1-16(2,3)15(21)20-13-8-9-14(20)11-12(10-13)19-22-17(4,5)18(6,7)23-19/h10,13-14H,8-9,11H2,1-7H3. The molecule has 0 aromatic carbocycles. The Morgan fingerprint density at radius 1 is 1.17 bits per heavy atom. The first-order chi connectivity index (χ1) is 10.4. The summed E-state index contributed by atoms with van der Waals surface area (Å²) >= 11 is 0. The number of fused-ring (bicyclic) bond motifs is 2. The molecule has 2 unspecified atom stereocenters. The fourth-order valence-corrected chi connectivity index (χ4v) is 3.74. The smallest absolute Gasteiger partial charge is 0.400 e. The topological polar surface area (TPSA) is 38.8 Å². The second-order valence-corrected chi connectivity index (χ2v) is 9.29. The van der Waals surface area contributed by atoms with Crippen LogP contribution in [-0.2, 0) is 14.1 Å². The summed E-state index contributed by atoms with van der Waals surface area (Å²) in [4.78, 5) is 14.9. The van der Waals surface area contributed by atoms with Crippen LogP contribution in [0.3, 0.4) is 0 Å². The van der Waals surface area contributed by atoms with Crippen LogP contribution in [0.2, 0.25) is 0 Å². The molecule has 5 heteroatoms. The van der Waals surface area contributed by atoms with Crippen molar-refractivity contribution in [1.29, 1.82) is 0 Å². The van der Waals surface area contributed by atoms with E-state index in [1.165, 1.54) is 5.47 Å². The van der Waals surface area contributed by atoms with Gasteiger partial charge >= 0.3 is 7.12 Å². The Morgan fingerprint density at radius 2 is 1.74 bits per heavy atom. The first kappa shape index (κ1) is 17.0. The Labute approximate surface area is 140 Å². The predicted molar refractivity (Wildman–Crippen MR) is 91.9 cm³/mol. The zero-order valence-corrected chi connectivity index (χ0v) is 15.6. The van der Waals surface area contributed by atoms with Crippen molar-refractivity contribution in [3.63, 3.8) is 0 Å². The van der Waals surface area contributed by atoms with Gasteiger partial charge in [0, 0.05) is 11.5 Å². The highest BCUT2D eigenvalue weighted by molar-refractivity contribution is 6.54. The zero-order chi connectivity index (χ0) is 17.2. The molecular formula is C18H30BNO3. The van der Waals surface area contributed by atoms with Gasteiger partial charge in [0.15, 0.2) is 0 Å². The molecule has 2 fully saturated rings. The van der Waals surface area contributed by atoms with E-state index in [1.807, 2.05) is 20.8 Å². The summed E-state index contributed by atoms with van der Waals surface area (Å²) in [5.41, 5.74) is 0.275. The molecule has 0 saturated carbocycles. The Bertz CT molecular complexity index is 531. The van der Waals surface area contributed by atoms with Gasteiger partial charge in [0.1, 0.15) is 0 Å². The van der Waals surface area contributed by atoms with E-state index in [9.17, 15) is 4.79 Å². The van der Waals surface area contributed by atoms with Crippen LogP contribution in [0.1, 0.15) is 67.7 Å². The van der Waals surface area contributed by atoms with E-state index < -0.39 is 0 Å². The van der Waals surface area contributed by atoms with Crippen LogP contribution in [0.4, 0.5) is 0 Å². The molecule has 4 nitrogen and oxygen atoms in total. The lowest BCUT2D eigenvalue weighted by molar-refractivity contribution is -0.142. The second kappa shape index (κ2) is 5.09. The van der Waals surface area contributed by atoms with Gasteiger partial charge in [-0.05, 0) is 52.4 Å². The summed E-state index contributed by atoms with van der Waals surface area (Å²) in [6.07, 6.45) is 5.23. The monoisotopic (exact) mass is 319 g/mol. The van der Waals surface area contributed by atoms with Crippen LogP contribution in [0.15, 0.2) is 11.5 Å². The van der Waals surface area contributed by atoms with Gasteiger partial charge < -0.3 is 14.2 Å². The number of amides is 1. The third kappa shape index (κ3) is 2.76. The number of hydrogen-bond donors (Lipinski definition) is 0. The summed E-state index contributed by atoms with van der Waals surface area (Å²) in [5, 5.41) is 0. The van der Waals surface area contributed by atoms with Gasteiger partial charge in [-0.1, -0.05) is 26.8 Å². The van der Waals surface area contributed by atoms with Crippen molar-refractivity contribution < 1.29 is 14.1 Å². The molecule has 23 heavy (non-hydrogen) atoms. The molecule has 128 valence electrons. The Kier molecular flexibility index (Phi) is 3.77. The van der Waals surface area contributed by atoms with Gasteiger partial charge in [-0.25, -0.2) is 0 Å². The summed E-state index contributed by atoms with van der Waals surface area (Å²) in [7, 11) is -0.269. The van der Waals surface area contributed by atoms with E-state index in [0.29, 0.717) is 6.04 Å². The molecule has 0 aromatic rings. The van der Waals surface area contributed by atoms with Gasteiger partial charge in [0.25, 0.3) is 0 Å². The molecule has 0 radical (unpaired) electrons. The van der Waals surface area contributed by atoms with Gasteiger partial charge in [-0.2, -0.15) is 0 Å². The molecule has 1 amide bonds. The number of rotatable bonds is 1. The number of nitrogens with zero attached hydrogens (tertiary/aromatic N) is 1. The van der Waals surface area contributed by atoms with E-state index in [-0.39, 0.29) is 35.7 Å². The molecule has 2 saturated heterocycles. The fourth-order valence-electron chi connectivity index (χ4n) is 3.74. The van der Waals surface area contributed by atoms with Crippen LogP contribution in [-0.4, -0.2) is 41.2 Å². The molecule has 3 rings (SSSR count). The largest absolute Gasteiger partial charge is 0.490 e. The molecule has 2 atom stereocenters. The van der Waals surface area contributed by atoms with E-state index in [2.05, 4.69) is 38.7 Å². The minimum absolute atomic E-state index is 0.203. The molecule has 3 heterocycles. The van der Waals surface area contributed by atoms with Crippen molar-refractivity contribution >= 4 is 13.0 Å². The summed E-state index contributed by atoms with van der Waals surface area (Å²) in [5.74, 6) is 0.259. The third-order valence-electron chi connectivity index (χ3n) is 5.86. The van der Waals surface area contributed by atoms with Crippen LogP contribution in [0, 0.1) is 5.41 Å². The van der Waals surface area contributed by atoms with E-state index in [4.69, 9.17) is 9.31 Å². The Morgan fingerprint density at radius 3 is 2.22 bits per heavy atom. The maximum atomic E-state index is 12.7. The first-order valence-electron chi connectivity index (χ1n) is 8.81. The summed E-state index contributed by atoms with van der Waals surface area (Å²) in [6, 6.07) is 0.500. The fraction of sp³-hybridized carbons (Fsp3) is 0.833. The maximum Gasteiger partial charge on any atom is 0.490 e. The average molecular weight is 319 g/mol.